The molecule has 0 radical (unpaired) electrons. The van der Waals surface area contributed by atoms with Crippen LogP contribution in [0.4, 0.5) is 0 Å². The van der Waals surface area contributed by atoms with Crippen LogP contribution in [-0.2, 0) is 10.3 Å². The predicted octanol–water partition coefficient (Wildman–Crippen LogP) is 4.87. The zero-order valence-corrected chi connectivity index (χ0v) is 19.6. The van der Waals surface area contributed by atoms with E-state index in [9.17, 15) is 14.7 Å². The van der Waals surface area contributed by atoms with E-state index in [0.717, 1.165) is 63.5 Å². The number of unbranched alkanes of at least 4 members (excludes halogenated alkanes) is 1. The molecule has 5 nitrogen and oxygen atoms in total. The molecule has 0 saturated heterocycles. The van der Waals surface area contributed by atoms with Crippen molar-refractivity contribution in [3.63, 3.8) is 0 Å². The summed E-state index contributed by atoms with van der Waals surface area (Å²) in [7, 11) is 0. The number of esters is 1. The molecule has 2 aromatic heterocycles. The molecule has 0 bridgehead atoms. The van der Waals surface area contributed by atoms with Crippen molar-refractivity contribution in [2.24, 2.45) is 0 Å². The average molecular weight is 526 g/mol. The summed E-state index contributed by atoms with van der Waals surface area (Å²) in [5.74, 6) is -0.642. The summed E-state index contributed by atoms with van der Waals surface area (Å²) < 4.78 is 13.7. The zero-order valence-electron chi connectivity index (χ0n) is 16.3. The van der Waals surface area contributed by atoms with Crippen LogP contribution >= 0.6 is 15.9 Å². The summed E-state index contributed by atoms with van der Waals surface area (Å²) in [5.41, 5.74) is -1.03. The third kappa shape index (κ3) is 3.86. The van der Waals surface area contributed by atoms with Gasteiger partial charge < -0.3 is 0 Å². The van der Waals surface area contributed by atoms with Crippen LogP contribution in [0.15, 0.2) is 31.9 Å². The monoisotopic (exact) mass is 526 g/mol. The van der Waals surface area contributed by atoms with Crippen LogP contribution < -0.4 is 5.63 Å². The average Bonchev–Trinajstić information content (AvgIpc) is 3.06. The number of carbonyl (C=O) groups excluding carboxylic acids is 1. The van der Waals surface area contributed by atoms with Gasteiger partial charge in [-0.15, -0.1) is 0 Å². The number of rotatable bonds is 5. The van der Waals surface area contributed by atoms with Crippen molar-refractivity contribution in [3.8, 4) is 0 Å². The third-order valence-corrected chi connectivity index (χ3v) is 9.90. The molecule has 29 heavy (non-hydrogen) atoms. The molecular formula is C22H23BrO5Se. The first-order valence-electron chi connectivity index (χ1n) is 10.0. The number of halogens is 1. The summed E-state index contributed by atoms with van der Waals surface area (Å²) in [4.78, 5) is 24.7. The topological polar surface area (TPSA) is 76.7 Å². The Hall–Kier alpha value is -1.40. The molecule has 1 aromatic carbocycles. The Morgan fingerprint density at radius 2 is 2.07 bits per heavy atom. The molecule has 3 aromatic rings. The van der Waals surface area contributed by atoms with Crippen LogP contribution in [0.25, 0.3) is 20.6 Å². The second-order valence-corrected chi connectivity index (χ2v) is 10.6. The molecule has 7 heteroatoms. The van der Waals surface area contributed by atoms with Gasteiger partial charge in [0.05, 0.1) is 0 Å². The number of aliphatic hydroxyl groups is 1. The van der Waals surface area contributed by atoms with Crippen molar-refractivity contribution < 1.29 is 19.1 Å². The van der Waals surface area contributed by atoms with Gasteiger partial charge >= 0.3 is 183 Å². The van der Waals surface area contributed by atoms with Crippen molar-refractivity contribution in [1.82, 2.24) is 0 Å². The van der Waals surface area contributed by atoms with Gasteiger partial charge in [-0.1, -0.05) is 0 Å². The van der Waals surface area contributed by atoms with Crippen molar-refractivity contribution in [1.29, 1.82) is 0 Å². The van der Waals surface area contributed by atoms with E-state index in [-0.39, 0.29) is 20.1 Å². The minimum atomic E-state index is -0.786. The van der Waals surface area contributed by atoms with E-state index in [4.69, 9.17) is 9.15 Å². The van der Waals surface area contributed by atoms with E-state index in [1.54, 1.807) is 6.07 Å². The van der Waals surface area contributed by atoms with Gasteiger partial charge in [-0.25, -0.2) is 0 Å². The van der Waals surface area contributed by atoms with Crippen molar-refractivity contribution in [2.75, 3.05) is 6.61 Å². The fourth-order valence-electron chi connectivity index (χ4n) is 3.89. The Morgan fingerprint density at radius 1 is 1.31 bits per heavy atom. The van der Waals surface area contributed by atoms with Crippen molar-refractivity contribution >= 4 is 57.0 Å². The van der Waals surface area contributed by atoms with E-state index in [1.807, 2.05) is 19.1 Å². The standard InChI is InChI=1S/C22H23BrO5Se/c1-2-3-11-27-20(24)15-12-13-7-8-14-16(23)19(22(26)9-5-4-6-10-22)29-18(14)17(13)28-21(15)25/h7-8,12,26H,2-6,9-11H2,1H3. The first-order chi connectivity index (χ1) is 13.9. The maximum absolute atomic E-state index is 12.5. The van der Waals surface area contributed by atoms with E-state index in [2.05, 4.69) is 15.9 Å². The van der Waals surface area contributed by atoms with E-state index < -0.39 is 17.2 Å². The summed E-state index contributed by atoms with van der Waals surface area (Å²) in [5, 5.41) is 12.9. The Kier molecular flexibility index (Phi) is 6.03. The molecule has 1 aliphatic carbocycles. The fourth-order valence-corrected chi connectivity index (χ4v) is 8.10. The number of hydrogen-bond acceptors (Lipinski definition) is 5. The molecule has 0 spiro atoms. The Bertz CT molecular complexity index is 1120. The molecule has 1 N–H and O–H groups in total. The normalized spacial score (nSPS) is 16.4. The molecular weight excluding hydrogens is 503 g/mol. The quantitative estimate of drug-likeness (QED) is 0.222. The molecule has 1 fully saturated rings. The predicted molar refractivity (Wildman–Crippen MR) is 117 cm³/mol. The molecule has 1 saturated carbocycles. The molecule has 2 heterocycles. The summed E-state index contributed by atoms with van der Waals surface area (Å²) >= 11 is 3.54. The SMILES string of the molecule is CCCCOC(=O)c1cc2ccc3c(Br)c(C4(O)CCCCC4)[se]c3c2oc1=O. The number of carbonyl (C=O) groups is 1. The first-order valence-corrected chi connectivity index (χ1v) is 12.5. The van der Waals surface area contributed by atoms with Gasteiger partial charge in [0, 0.05) is 0 Å². The molecule has 0 atom stereocenters. The Labute approximate surface area is 182 Å². The van der Waals surface area contributed by atoms with Gasteiger partial charge in [0.15, 0.2) is 0 Å². The Morgan fingerprint density at radius 3 is 2.79 bits per heavy atom. The van der Waals surface area contributed by atoms with Crippen molar-refractivity contribution in [2.45, 2.75) is 57.5 Å². The van der Waals surface area contributed by atoms with Gasteiger partial charge in [-0.3, -0.25) is 0 Å². The van der Waals surface area contributed by atoms with Gasteiger partial charge in [-0.2, -0.15) is 0 Å². The molecule has 0 aliphatic heterocycles. The fraction of sp³-hybridized carbons (Fsp3) is 0.455. The van der Waals surface area contributed by atoms with E-state index >= 15 is 0 Å². The third-order valence-electron chi connectivity index (χ3n) is 5.55. The van der Waals surface area contributed by atoms with Gasteiger partial charge in [0.2, 0.25) is 0 Å². The molecule has 0 unspecified atom stereocenters. The number of hydrogen-bond donors (Lipinski definition) is 1. The van der Waals surface area contributed by atoms with Crippen LogP contribution in [-0.4, -0.2) is 32.2 Å². The van der Waals surface area contributed by atoms with E-state index in [0.29, 0.717) is 17.6 Å². The molecule has 1 aliphatic rings. The minimum absolute atomic E-state index is 0.0720. The van der Waals surface area contributed by atoms with Crippen LogP contribution in [0, 0.1) is 0 Å². The zero-order chi connectivity index (χ0) is 20.6. The number of benzene rings is 1. The molecule has 4 rings (SSSR count). The van der Waals surface area contributed by atoms with Gasteiger partial charge in [0.1, 0.15) is 0 Å². The molecule has 154 valence electrons. The van der Waals surface area contributed by atoms with Crippen LogP contribution in [0.1, 0.15) is 66.7 Å². The van der Waals surface area contributed by atoms with E-state index in [1.165, 1.54) is 0 Å². The summed E-state index contributed by atoms with van der Waals surface area (Å²) in [6.07, 6.45) is 6.39. The van der Waals surface area contributed by atoms with Crippen LogP contribution in [0.5, 0.6) is 0 Å². The number of fused-ring (bicyclic) bond motifs is 3. The second-order valence-electron chi connectivity index (χ2n) is 7.64. The second kappa shape index (κ2) is 8.38. The van der Waals surface area contributed by atoms with Crippen LogP contribution in [0.2, 0.25) is 0 Å². The van der Waals surface area contributed by atoms with Gasteiger partial charge in [-0.05, 0) is 0 Å². The number of ether oxygens (including phenoxy) is 1. The van der Waals surface area contributed by atoms with Crippen molar-refractivity contribution in [3.05, 3.63) is 43.1 Å². The first kappa shape index (κ1) is 20.9. The maximum atomic E-state index is 12.5. The summed E-state index contributed by atoms with van der Waals surface area (Å²) in [6.45, 7) is 2.30. The van der Waals surface area contributed by atoms with Crippen LogP contribution in [0.3, 0.4) is 0 Å². The molecule has 0 amide bonds. The van der Waals surface area contributed by atoms with Gasteiger partial charge in [0.25, 0.3) is 0 Å². The Balaban J connectivity index is 1.80. The summed E-state index contributed by atoms with van der Waals surface area (Å²) in [6, 6.07) is 5.38.